The van der Waals surface area contributed by atoms with Gasteiger partial charge in [0.2, 0.25) is 0 Å². The zero-order chi connectivity index (χ0) is 12.5. The second-order valence-electron chi connectivity index (χ2n) is 4.41. The van der Waals surface area contributed by atoms with Crippen LogP contribution in [0, 0.1) is 11.3 Å². The number of nitrogens with zero attached hydrogens (tertiary/aromatic N) is 1. The molecule has 1 aromatic carbocycles. The Bertz CT molecular complexity index is 350. The predicted octanol–water partition coefficient (Wildman–Crippen LogP) is 4.30. The average Bonchev–Trinajstić information content (AvgIpc) is 2.36. The first-order chi connectivity index (χ1) is 8.26. The van der Waals surface area contributed by atoms with Gasteiger partial charge in [-0.3, -0.25) is 0 Å². The fourth-order valence-electron chi connectivity index (χ4n) is 1.76. The summed E-state index contributed by atoms with van der Waals surface area (Å²) in [6, 6.07) is 9.41. The number of hydrogen-bond donors (Lipinski definition) is 0. The van der Waals surface area contributed by atoms with Crippen LogP contribution in [0.25, 0.3) is 0 Å². The molecule has 0 saturated heterocycles. The van der Waals surface area contributed by atoms with Gasteiger partial charge in [0, 0.05) is 0 Å². The van der Waals surface area contributed by atoms with Gasteiger partial charge in [-0.05, 0) is 44.0 Å². The molecule has 0 aromatic heterocycles. The molecule has 0 aliphatic heterocycles. The minimum atomic E-state index is 0.250. The molecule has 0 heterocycles. The molecule has 0 saturated carbocycles. The maximum Gasteiger partial charge on any atom is 0.119 e. The summed E-state index contributed by atoms with van der Waals surface area (Å²) in [4.78, 5) is 0. The lowest BCUT2D eigenvalue weighted by Crippen LogP contribution is -2.11. The van der Waals surface area contributed by atoms with E-state index in [4.69, 9.17) is 10.00 Å². The molecule has 17 heavy (non-hydrogen) atoms. The summed E-state index contributed by atoms with van der Waals surface area (Å²) < 4.78 is 5.78. The van der Waals surface area contributed by atoms with Crippen LogP contribution < -0.4 is 4.74 Å². The molecule has 2 nitrogen and oxygen atoms in total. The zero-order valence-corrected chi connectivity index (χ0v) is 10.8. The van der Waals surface area contributed by atoms with E-state index in [-0.39, 0.29) is 6.10 Å². The molecule has 92 valence electrons. The van der Waals surface area contributed by atoms with E-state index in [1.807, 2.05) is 12.1 Å². The average molecular weight is 231 g/mol. The van der Waals surface area contributed by atoms with Gasteiger partial charge in [0.25, 0.3) is 0 Å². The number of unbranched alkanes of at least 4 members (excludes halogenated alkanes) is 3. The maximum atomic E-state index is 8.69. The molecule has 0 N–H and O–H groups in total. The van der Waals surface area contributed by atoms with Crippen LogP contribution in [0.1, 0.15) is 51.5 Å². The fraction of sp³-hybridized carbons (Fsp3) is 0.533. The van der Waals surface area contributed by atoms with Gasteiger partial charge in [0.15, 0.2) is 0 Å². The van der Waals surface area contributed by atoms with Gasteiger partial charge in [0.05, 0.1) is 17.7 Å². The Morgan fingerprint density at radius 1 is 1.18 bits per heavy atom. The second-order valence-corrected chi connectivity index (χ2v) is 4.41. The number of hydrogen-bond acceptors (Lipinski definition) is 2. The van der Waals surface area contributed by atoms with Crippen molar-refractivity contribution >= 4 is 0 Å². The highest BCUT2D eigenvalue weighted by molar-refractivity contribution is 5.34. The molecule has 1 rings (SSSR count). The summed E-state index contributed by atoms with van der Waals surface area (Å²) >= 11 is 0. The SMILES string of the molecule is CCCCCCC(C)Oc1ccc(C#N)cc1. The van der Waals surface area contributed by atoms with Crippen molar-refractivity contribution in [3.05, 3.63) is 29.8 Å². The Hall–Kier alpha value is -1.49. The van der Waals surface area contributed by atoms with E-state index < -0.39 is 0 Å². The minimum absolute atomic E-state index is 0.250. The molecular weight excluding hydrogens is 210 g/mol. The quantitative estimate of drug-likeness (QED) is 0.655. The molecule has 1 atom stereocenters. The van der Waals surface area contributed by atoms with E-state index >= 15 is 0 Å². The molecule has 0 spiro atoms. The topological polar surface area (TPSA) is 33.0 Å². The van der Waals surface area contributed by atoms with Crippen LogP contribution >= 0.6 is 0 Å². The van der Waals surface area contributed by atoms with Gasteiger partial charge in [-0.1, -0.05) is 26.2 Å². The number of ether oxygens (including phenoxy) is 1. The standard InChI is InChI=1S/C15H21NO/c1-3-4-5-6-7-13(2)17-15-10-8-14(12-16)9-11-15/h8-11,13H,3-7H2,1-2H3. The first-order valence-corrected chi connectivity index (χ1v) is 6.43. The van der Waals surface area contributed by atoms with Crippen molar-refractivity contribution in [2.75, 3.05) is 0 Å². The van der Waals surface area contributed by atoms with Crippen molar-refractivity contribution in [3.63, 3.8) is 0 Å². The molecule has 0 amide bonds. The Balaban J connectivity index is 2.30. The number of rotatable bonds is 7. The molecule has 0 aliphatic rings. The summed E-state index contributed by atoms with van der Waals surface area (Å²) in [5.41, 5.74) is 0.674. The van der Waals surface area contributed by atoms with Gasteiger partial charge >= 0.3 is 0 Å². The summed E-state index contributed by atoms with van der Waals surface area (Å²) in [5, 5.41) is 8.69. The van der Waals surface area contributed by atoms with E-state index in [2.05, 4.69) is 19.9 Å². The van der Waals surface area contributed by atoms with E-state index in [9.17, 15) is 0 Å². The maximum absolute atomic E-state index is 8.69. The summed E-state index contributed by atoms with van der Waals surface area (Å²) in [6.45, 7) is 4.32. The lowest BCUT2D eigenvalue weighted by atomic mass is 10.1. The van der Waals surface area contributed by atoms with E-state index in [0.717, 1.165) is 12.2 Å². The summed E-state index contributed by atoms with van der Waals surface area (Å²) in [6.07, 6.45) is 6.44. The van der Waals surface area contributed by atoms with Gasteiger partial charge in [-0.25, -0.2) is 0 Å². The van der Waals surface area contributed by atoms with Crippen molar-refractivity contribution in [1.29, 1.82) is 5.26 Å². The van der Waals surface area contributed by atoms with Crippen LogP contribution in [0.15, 0.2) is 24.3 Å². The van der Waals surface area contributed by atoms with Gasteiger partial charge in [-0.15, -0.1) is 0 Å². The van der Waals surface area contributed by atoms with Gasteiger partial charge in [0.1, 0.15) is 5.75 Å². The van der Waals surface area contributed by atoms with Crippen molar-refractivity contribution in [2.24, 2.45) is 0 Å². The van der Waals surface area contributed by atoms with Crippen LogP contribution in [0.4, 0.5) is 0 Å². The van der Waals surface area contributed by atoms with E-state index in [0.29, 0.717) is 5.56 Å². The zero-order valence-electron chi connectivity index (χ0n) is 10.8. The van der Waals surface area contributed by atoms with Crippen LogP contribution in [0.3, 0.4) is 0 Å². The van der Waals surface area contributed by atoms with Crippen molar-refractivity contribution in [1.82, 2.24) is 0 Å². The normalized spacial score (nSPS) is 11.8. The number of nitriles is 1. The molecule has 0 aliphatic carbocycles. The highest BCUT2D eigenvalue weighted by Gasteiger charge is 2.03. The monoisotopic (exact) mass is 231 g/mol. The second kappa shape index (κ2) is 7.73. The van der Waals surface area contributed by atoms with Crippen LogP contribution in [-0.4, -0.2) is 6.10 Å². The Kier molecular flexibility index (Phi) is 6.17. The Morgan fingerprint density at radius 3 is 2.47 bits per heavy atom. The van der Waals surface area contributed by atoms with E-state index in [1.165, 1.54) is 25.7 Å². The van der Waals surface area contributed by atoms with Crippen LogP contribution in [-0.2, 0) is 0 Å². The molecule has 0 fully saturated rings. The third kappa shape index (κ3) is 5.40. The third-order valence-corrected chi connectivity index (χ3v) is 2.78. The third-order valence-electron chi connectivity index (χ3n) is 2.78. The van der Waals surface area contributed by atoms with Crippen molar-refractivity contribution in [3.8, 4) is 11.8 Å². The van der Waals surface area contributed by atoms with Crippen LogP contribution in [0.5, 0.6) is 5.75 Å². The summed E-state index contributed by atoms with van der Waals surface area (Å²) in [7, 11) is 0. The smallest absolute Gasteiger partial charge is 0.119 e. The Labute approximate surface area is 104 Å². The lowest BCUT2D eigenvalue weighted by Gasteiger charge is -2.14. The predicted molar refractivity (Wildman–Crippen MR) is 70.0 cm³/mol. The van der Waals surface area contributed by atoms with Crippen LogP contribution in [0.2, 0.25) is 0 Å². The molecule has 2 heteroatoms. The van der Waals surface area contributed by atoms with Gasteiger partial charge < -0.3 is 4.74 Å². The molecule has 1 aromatic rings. The fourth-order valence-corrected chi connectivity index (χ4v) is 1.76. The first kappa shape index (κ1) is 13.6. The van der Waals surface area contributed by atoms with Crippen molar-refractivity contribution < 1.29 is 4.74 Å². The van der Waals surface area contributed by atoms with Gasteiger partial charge in [-0.2, -0.15) is 5.26 Å². The lowest BCUT2D eigenvalue weighted by molar-refractivity contribution is 0.206. The van der Waals surface area contributed by atoms with Crippen molar-refractivity contribution in [2.45, 2.75) is 52.1 Å². The molecule has 0 bridgehead atoms. The largest absolute Gasteiger partial charge is 0.491 e. The summed E-state index contributed by atoms with van der Waals surface area (Å²) in [5.74, 6) is 0.854. The first-order valence-electron chi connectivity index (χ1n) is 6.43. The molecule has 0 radical (unpaired) electrons. The Morgan fingerprint density at radius 2 is 1.88 bits per heavy atom. The highest BCUT2D eigenvalue weighted by Crippen LogP contribution is 2.16. The van der Waals surface area contributed by atoms with E-state index in [1.54, 1.807) is 12.1 Å². The molecule has 1 unspecified atom stereocenters. The highest BCUT2D eigenvalue weighted by atomic mass is 16.5. The number of benzene rings is 1. The molecular formula is C15H21NO. The minimum Gasteiger partial charge on any atom is -0.491 e.